The molecule has 3 nitrogen and oxygen atoms in total. The van der Waals surface area contributed by atoms with E-state index in [1.54, 1.807) is 0 Å². The highest BCUT2D eigenvalue weighted by molar-refractivity contribution is 5.65. The highest BCUT2D eigenvalue weighted by Crippen LogP contribution is 2.11. The van der Waals surface area contributed by atoms with Gasteiger partial charge >= 0.3 is 5.97 Å². The highest BCUT2D eigenvalue weighted by Gasteiger charge is 2.15. The van der Waals surface area contributed by atoms with Crippen LogP contribution in [0.1, 0.15) is 20.3 Å². The van der Waals surface area contributed by atoms with E-state index in [1.165, 1.54) is 6.92 Å². The number of carbonyl (C=O) groups is 1. The number of hydrogen-bond donors (Lipinski definition) is 0. The van der Waals surface area contributed by atoms with Crippen LogP contribution >= 0.6 is 0 Å². The molecule has 1 heterocycles. The molecule has 0 saturated heterocycles. The Balaban J connectivity index is 2.25. The van der Waals surface area contributed by atoms with Gasteiger partial charge in [-0.05, 0) is 13.3 Å². The summed E-state index contributed by atoms with van der Waals surface area (Å²) < 4.78 is 10.3. The molecule has 0 unspecified atom stereocenters. The summed E-state index contributed by atoms with van der Waals surface area (Å²) in [6, 6.07) is 0. The van der Waals surface area contributed by atoms with Crippen LogP contribution in [0.5, 0.6) is 0 Å². The lowest BCUT2D eigenvalue weighted by molar-refractivity contribution is -0.146. The van der Waals surface area contributed by atoms with E-state index >= 15 is 0 Å². The van der Waals surface area contributed by atoms with Gasteiger partial charge in [0.1, 0.15) is 6.61 Å². The molecule has 2 atom stereocenters. The summed E-state index contributed by atoms with van der Waals surface area (Å²) in [6.45, 7) is 3.74. The fourth-order valence-electron chi connectivity index (χ4n) is 1.14. The molecule has 1 aliphatic heterocycles. The van der Waals surface area contributed by atoms with Crippen molar-refractivity contribution in [2.24, 2.45) is 0 Å². The van der Waals surface area contributed by atoms with Crippen LogP contribution in [-0.2, 0) is 14.3 Å². The summed E-state index contributed by atoms with van der Waals surface area (Å²) in [4.78, 5) is 10.5. The Kier molecular flexibility index (Phi) is 3.29. The Morgan fingerprint density at radius 1 is 1.75 bits per heavy atom. The van der Waals surface area contributed by atoms with Crippen LogP contribution in [-0.4, -0.2) is 24.8 Å². The minimum atomic E-state index is -0.249. The maximum Gasteiger partial charge on any atom is 0.302 e. The van der Waals surface area contributed by atoms with Crippen molar-refractivity contribution >= 4 is 5.97 Å². The molecule has 0 spiro atoms. The van der Waals surface area contributed by atoms with Crippen LogP contribution < -0.4 is 0 Å². The Hall–Kier alpha value is -0.830. The first-order valence-corrected chi connectivity index (χ1v) is 4.14. The zero-order valence-electron chi connectivity index (χ0n) is 7.45. The molecule has 0 aromatic carbocycles. The van der Waals surface area contributed by atoms with Crippen LogP contribution in [0.2, 0.25) is 0 Å². The molecule has 12 heavy (non-hydrogen) atoms. The van der Waals surface area contributed by atoms with E-state index in [9.17, 15) is 4.79 Å². The molecule has 1 aliphatic rings. The quantitative estimate of drug-likeness (QED) is 0.462. The zero-order chi connectivity index (χ0) is 8.97. The van der Waals surface area contributed by atoms with Crippen molar-refractivity contribution in [3.8, 4) is 0 Å². The third kappa shape index (κ3) is 3.05. The zero-order valence-corrected chi connectivity index (χ0v) is 7.45. The van der Waals surface area contributed by atoms with Gasteiger partial charge in [0, 0.05) is 6.92 Å². The Morgan fingerprint density at radius 2 is 2.50 bits per heavy atom. The molecule has 0 aromatic rings. The summed E-state index contributed by atoms with van der Waals surface area (Å²) in [5.74, 6) is -0.249. The van der Waals surface area contributed by atoms with E-state index < -0.39 is 0 Å². The van der Waals surface area contributed by atoms with Crippen molar-refractivity contribution in [2.75, 3.05) is 6.61 Å². The van der Waals surface area contributed by atoms with E-state index in [0.717, 1.165) is 6.42 Å². The van der Waals surface area contributed by atoms with E-state index in [1.807, 2.05) is 13.0 Å². The fourth-order valence-corrected chi connectivity index (χ4v) is 1.14. The molecule has 0 saturated carbocycles. The first-order valence-electron chi connectivity index (χ1n) is 4.14. The Bertz CT molecular complexity index is 186. The average Bonchev–Trinajstić information content (AvgIpc) is 2.01. The summed E-state index contributed by atoms with van der Waals surface area (Å²) in [6.07, 6.45) is 5.07. The molecule has 68 valence electrons. The van der Waals surface area contributed by atoms with Gasteiger partial charge in [-0.25, -0.2) is 0 Å². The van der Waals surface area contributed by atoms with Crippen molar-refractivity contribution < 1.29 is 14.3 Å². The standard InChI is InChI=1S/C9H14O3/c1-7-4-3-5-9(12-7)6-11-8(2)10/h3-4,7,9H,5-6H2,1-2H3/t7-,9+/m1/s1. The molecule has 0 fully saturated rings. The van der Waals surface area contributed by atoms with Gasteiger partial charge in [0.15, 0.2) is 0 Å². The lowest BCUT2D eigenvalue weighted by Gasteiger charge is -2.22. The summed E-state index contributed by atoms with van der Waals surface area (Å²) in [5.41, 5.74) is 0. The molecule has 3 heteroatoms. The number of carbonyl (C=O) groups excluding carboxylic acids is 1. The molecule has 0 aromatic heterocycles. The molecule has 0 bridgehead atoms. The smallest absolute Gasteiger partial charge is 0.302 e. The molecule has 0 radical (unpaired) electrons. The second-order valence-corrected chi connectivity index (χ2v) is 2.93. The first-order chi connectivity index (χ1) is 5.68. The van der Waals surface area contributed by atoms with E-state index in [4.69, 9.17) is 9.47 Å². The second-order valence-electron chi connectivity index (χ2n) is 2.93. The predicted molar refractivity (Wildman–Crippen MR) is 44.7 cm³/mol. The molecule has 0 aliphatic carbocycles. The summed E-state index contributed by atoms with van der Waals surface area (Å²) >= 11 is 0. The van der Waals surface area contributed by atoms with Crippen LogP contribution in [0, 0.1) is 0 Å². The van der Waals surface area contributed by atoms with Gasteiger partial charge in [-0.1, -0.05) is 12.2 Å². The SMILES string of the molecule is CC(=O)OC[C@@H]1CC=C[C@@H](C)O1. The van der Waals surface area contributed by atoms with Crippen LogP contribution in [0.3, 0.4) is 0 Å². The van der Waals surface area contributed by atoms with E-state index in [-0.39, 0.29) is 18.2 Å². The van der Waals surface area contributed by atoms with Gasteiger partial charge in [0.05, 0.1) is 12.2 Å². The Labute approximate surface area is 72.4 Å². The van der Waals surface area contributed by atoms with Gasteiger partial charge < -0.3 is 9.47 Å². The second kappa shape index (κ2) is 4.26. The largest absolute Gasteiger partial charge is 0.463 e. The lowest BCUT2D eigenvalue weighted by atomic mass is 10.2. The predicted octanol–water partition coefficient (Wildman–Crippen LogP) is 1.28. The minimum absolute atomic E-state index is 0.0360. The van der Waals surface area contributed by atoms with Crippen molar-refractivity contribution in [1.29, 1.82) is 0 Å². The van der Waals surface area contributed by atoms with Gasteiger partial charge in [0.25, 0.3) is 0 Å². The van der Waals surface area contributed by atoms with Crippen LogP contribution in [0.4, 0.5) is 0 Å². The molecular formula is C9H14O3. The van der Waals surface area contributed by atoms with E-state index in [2.05, 4.69) is 6.08 Å². The van der Waals surface area contributed by atoms with Crippen molar-refractivity contribution in [1.82, 2.24) is 0 Å². The maximum absolute atomic E-state index is 10.5. The van der Waals surface area contributed by atoms with Crippen LogP contribution in [0.25, 0.3) is 0 Å². The highest BCUT2D eigenvalue weighted by atomic mass is 16.6. The van der Waals surface area contributed by atoms with E-state index in [0.29, 0.717) is 6.61 Å². The number of hydrogen-bond acceptors (Lipinski definition) is 3. The summed E-state index contributed by atoms with van der Waals surface area (Å²) in [5, 5.41) is 0. The van der Waals surface area contributed by atoms with Gasteiger partial charge in [0.2, 0.25) is 0 Å². The topological polar surface area (TPSA) is 35.5 Å². The number of rotatable bonds is 2. The summed E-state index contributed by atoms with van der Waals surface area (Å²) in [7, 11) is 0. The Morgan fingerprint density at radius 3 is 3.08 bits per heavy atom. The van der Waals surface area contributed by atoms with Crippen molar-refractivity contribution in [3.05, 3.63) is 12.2 Å². The third-order valence-electron chi connectivity index (χ3n) is 1.69. The third-order valence-corrected chi connectivity index (χ3v) is 1.69. The van der Waals surface area contributed by atoms with Gasteiger partial charge in [-0.3, -0.25) is 4.79 Å². The van der Waals surface area contributed by atoms with Gasteiger partial charge in [-0.2, -0.15) is 0 Å². The first kappa shape index (κ1) is 9.26. The number of ether oxygens (including phenoxy) is 2. The lowest BCUT2D eigenvalue weighted by Crippen LogP contribution is -2.27. The molecule has 0 N–H and O–H groups in total. The number of esters is 1. The maximum atomic E-state index is 10.5. The van der Waals surface area contributed by atoms with Crippen molar-refractivity contribution in [2.45, 2.75) is 32.5 Å². The monoisotopic (exact) mass is 170 g/mol. The molecular weight excluding hydrogens is 156 g/mol. The average molecular weight is 170 g/mol. The minimum Gasteiger partial charge on any atom is -0.463 e. The normalized spacial score (nSPS) is 28.5. The molecule has 0 amide bonds. The van der Waals surface area contributed by atoms with Crippen molar-refractivity contribution in [3.63, 3.8) is 0 Å². The fraction of sp³-hybridized carbons (Fsp3) is 0.667. The van der Waals surface area contributed by atoms with Crippen LogP contribution in [0.15, 0.2) is 12.2 Å². The molecule has 1 rings (SSSR count). The van der Waals surface area contributed by atoms with Gasteiger partial charge in [-0.15, -0.1) is 0 Å².